The highest BCUT2D eigenvalue weighted by Gasteiger charge is 2.31. The lowest BCUT2D eigenvalue weighted by Crippen LogP contribution is -2.32. The summed E-state index contributed by atoms with van der Waals surface area (Å²) in [7, 11) is 1.58. The molecule has 1 N–H and O–H groups in total. The van der Waals surface area contributed by atoms with Gasteiger partial charge in [-0.15, -0.1) is 0 Å². The number of aliphatic hydroxyl groups excluding tert-OH is 1. The molecule has 0 amide bonds. The summed E-state index contributed by atoms with van der Waals surface area (Å²) in [6.45, 7) is 2.79. The highest BCUT2D eigenvalue weighted by molar-refractivity contribution is 6.32. The third kappa shape index (κ3) is 3.62. The third-order valence-corrected chi connectivity index (χ3v) is 4.02. The second kappa shape index (κ2) is 6.60. The summed E-state index contributed by atoms with van der Waals surface area (Å²) >= 11 is 5.98. The maximum Gasteiger partial charge on any atom is 0.137 e. The monoisotopic (exact) mass is 284 g/mol. The minimum Gasteiger partial charge on any atom is -0.495 e. The van der Waals surface area contributed by atoms with Crippen molar-refractivity contribution >= 4 is 11.6 Å². The standard InChI is InChI=1S/C15H21ClO3/c1-3-19-12-6-10(7-12)8-14(17)11-4-5-13(16)15(9-11)18-2/h4-5,9-10,12,14,17H,3,6-8H2,1-2H3. The molecule has 2 rings (SSSR count). The van der Waals surface area contributed by atoms with Crippen molar-refractivity contribution in [1.29, 1.82) is 0 Å². The number of benzene rings is 1. The molecule has 0 radical (unpaired) electrons. The van der Waals surface area contributed by atoms with Crippen molar-refractivity contribution in [2.24, 2.45) is 5.92 Å². The van der Waals surface area contributed by atoms with Crippen LogP contribution in [0.1, 0.15) is 37.9 Å². The zero-order chi connectivity index (χ0) is 13.8. The Morgan fingerprint density at radius 2 is 2.16 bits per heavy atom. The summed E-state index contributed by atoms with van der Waals surface area (Å²) in [4.78, 5) is 0. The Morgan fingerprint density at radius 1 is 1.42 bits per heavy atom. The molecular formula is C15H21ClO3. The van der Waals surface area contributed by atoms with Gasteiger partial charge in [-0.25, -0.2) is 0 Å². The Kier molecular flexibility index (Phi) is 5.08. The van der Waals surface area contributed by atoms with Crippen molar-refractivity contribution in [2.45, 2.75) is 38.4 Å². The molecule has 0 aromatic heterocycles. The van der Waals surface area contributed by atoms with Gasteiger partial charge in [0.25, 0.3) is 0 Å². The SMILES string of the molecule is CCOC1CC(CC(O)c2ccc(Cl)c(OC)c2)C1. The van der Waals surface area contributed by atoms with E-state index in [0.717, 1.165) is 31.4 Å². The fourth-order valence-corrected chi connectivity index (χ4v) is 2.77. The molecule has 1 aromatic carbocycles. The largest absolute Gasteiger partial charge is 0.495 e. The Balaban J connectivity index is 1.88. The highest BCUT2D eigenvalue weighted by Crippen LogP contribution is 2.38. The quantitative estimate of drug-likeness (QED) is 0.868. The molecular weight excluding hydrogens is 264 g/mol. The van der Waals surface area contributed by atoms with Gasteiger partial charge in [0.2, 0.25) is 0 Å². The van der Waals surface area contributed by atoms with Gasteiger partial charge in [0.1, 0.15) is 5.75 Å². The van der Waals surface area contributed by atoms with Gasteiger partial charge in [0, 0.05) is 6.61 Å². The van der Waals surface area contributed by atoms with Gasteiger partial charge in [-0.05, 0) is 49.8 Å². The average molecular weight is 285 g/mol. The van der Waals surface area contributed by atoms with Gasteiger partial charge in [0.15, 0.2) is 0 Å². The van der Waals surface area contributed by atoms with Crippen LogP contribution in [0, 0.1) is 5.92 Å². The van der Waals surface area contributed by atoms with Crippen LogP contribution in [-0.2, 0) is 4.74 Å². The lowest BCUT2D eigenvalue weighted by molar-refractivity contribution is -0.0380. The zero-order valence-electron chi connectivity index (χ0n) is 11.4. The van der Waals surface area contributed by atoms with E-state index in [9.17, 15) is 5.11 Å². The van der Waals surface area contributed by atoms with E-state index < -0.39 is 6.10 Å². The molecule has 106 valence electrons. The maximum absolute atomic E-state index is 10.2. The van der Waals surface area contributed by atoms with Crippen LogP contribution in [0.15, 0.2) is 18.2 Å². The molecule has 1 aromatic rings. The first-order valence-electron chi connectivity index (χ1n) is 6.77. The Hall–Kier alpha value is -0.770. The van der Waals surface area contributed by atoms with E-state index in [0.29, 0.717) is 22.8 Å². The lowest BCUT2D eigenvalue weighted by Gasteiger charge is -2.36. The van der Waals surface area contributed by atoms with E-state index in [1.807, 2.05) is 19.1 Å². The van der Waals surface area contributed by atoms with E-state index in [4.69, 9.17) is 21.1 Å². The van der Waals surface area contributed by atoms with E-state index in [1.165, 1.54) is 0 Å². The first-order valence-corrected chi connectivity index (χ1v) is 7.15. The molecule has 19 heavy (non-hydrogen) atoms. The minimum atomic E-state index is -0.459. The van der Waals surface area contributed by atoms with E-state index >= 15 is 0 Å². The molecule has 0 aliphatic heterocycles. The zero-order valence-corrected chi connectivity index (χ0v) is 12.2. The number of methoxy groups -OCH3 is 1. The molecule has 0 heterocycles. The molecule has 1 fully saturated rings. The predicted molar refractivity (Wildman–Crippen MR) is 75.7 cm³/mol. The molecule has 1 saturated carbocycles. The van der Waals surface area contributed by atoms with Gasteiger partial charge in [-0.3, -0.25) is 0 Å². The van der Waals surface area contributed by atoms with E-state index in [-0.39, 0.29) is 0 Å². The van der Waals surface area contributed by atoms with Crippen LogP contribution in [0.3, 0.4) is 0 Å². The molecule has 1 atom stereocenters. The number of hydrogen-bond acceptors (Lipinski definition) is 3. The van der Waals surface area contributed by atoms with Gasteiger partial charge < -0.3 is 14.6 Å². The number of halogens is 1. The van der Waals surface area contributed by atoms with E-state index in [2.05, 4.69) is 0 Å². The summed E-state index contributed by atoms with van der Waals surface area (Å²) in [6, 6.07) is 5.43. The normalized spacial score (nSPS) is 23.8. The summed E-state index contributed by atoms with van der Waals surface area (Å²) in [5, 5.41) is 10.8. The van der Waals surface area contributed by atoms with Crippen molar-refractivity contribution in [1.82, 2.24) is 0 Å². The summed E-state index contributed by atoms with van der Waals surface area (Å²) in [5.74, 6) is 1.16. The Morgan fingerprint density at radius 3 is 2.79 bits per heavy atom. The van der Waals surface area contributed by atoms with E-state index in [1.54, 1.807) is 13.2 Å². The number of rotatable bonds is 6. The van der Waals surface area contributed by atoms with Crippen LogP contribution >= 0.6 is 11.6 Å². The smallest absolute Gasteiger partial charge is 0.137 e. The number of hydrogen-bond donors (Lipinski definition) is 1. The van der Waals surface area contributed by atoms with Crippen molar-refractivity contribution in [3.63, 3.8) is 0 Å². The molecule has 1 unspecified atom stereocenters. The third-order valence-electron chi connectivity index (χ3n) is 3.71. The summed E-state index contributed by atoms with van der Waals surface area (Å²) in [6.07, 6.45) is 2.81. The van der Waals surface area contributed by atoms with Gasteiger partial charge in [-0.1, -0.05) is 17.7 Å². The molecule has 0 saturated heterocycles. The lowest BCUT2D eigenvalue weighted by atomic mass is 9.78. The second-order valence-corrected chi connectivity index (χ2v) is 5.47. The van der Waals surface area contributed by atoms with Gasteiger partial charge >= 0.3 is 0 Å². The first kappa shape index (κ1) is 14.6. The number of ether oxygens (including phenoxy) is 2. The molecule has 1 aliphatic carbocycles. The van der Waals surface area contributed by atoms with Gasteiger partial charge in [0.05, 0.1) is 24.3 Å². The summed E-state index contributed by atoms with van der Waals surface area (Å²) in [5.41, 5.74) is 0.862. The molecule has 1 aliphatic rings. The maximum atomic E-state index is 10.2. The molecule has 0 bridgehead atoms. The summed E-state index contributed by atoms with van der Waals surface area (Å²) < 4.78 is 10.7. The van der Waals surface area contributed by atoms with Crippen molar-refractivity contribution in [3.05, 3.63) is 28.8 Å². The highest BCUT2D eigenvalue weighted by atomic mass is 35.5. The Labute approximate surface area is 119 Å². The molecule has 4 heteroatoms. The van der Waals surface area contributed by atoms with Crippen LogP contribution in [-0.4, -0.2) is 24.9 Å². The molecule has 0 spiro atoms. The minimum absolute atomic E-state index is 0.391. The van der Waals surface area contributed by atoms with Crippen molar-refractivity contribution in [2.75, 3.05) is 13.7 Å². The fourth-order valence-electron chi connectivity index (χ4n) is 2.57. The predicted octanol–water partition coefficient (Wildman–Crippen LogP) is 3.59. The van der Waals surface area contributed by atoms with Crippen LogP contribution in [0.4, 0.5) is 0 Å². The van der Waals surface area contributed by atoms with Gasteiger partial charge in [-0.2, -0.15) is 0 Å². The fraction of sp³-hybridized carbons (Fsp3) is 0.600. The number of aliphatic hydroxyl groups is 1. The van der Waals surface area contributed by atoms with Crippen LogP contribution < -0.4 is 4.74 Å². The van der Waals surface area contributed by atoms with Crippen molar-refractivity contribution in [3.8, 4) is 5.75 Å². The van der Waals surface area contributed by atoms with Crippen LogP contribution in [0.5, 0.6) is 5.75 Å². The van der Waals surface area contributed by atoms with Crippen LogP contribution in [0.25, 0.3) is 0 Å². The van der Waals surface area contributed by atoms with Crippen LogP contribution in [0.2, 0.25) is 5.02 Å². The van der Waals surface area contributed by atoms with Crippen molar-refractivity contribution < 1.29 is 14.6 Å². The second-order valence-electron chi connectivity index (χ2n) is 5.06. The topological polar surface area (TPSA) is 38.7 Å². The average Bonchev–Trinajstić information content (AvgIpc) is 2.36. The Bertz CT molecular complexity index is 416. The molecule has 3 nitrogen and oxygen atoms in total. The first-order chi connectivity index (χ1) is 9.13.